The lowest BCUT2D eigenvalue weighted by molar-refractivity contribution is 0.0839. The molecule has 3 heterocycles. The summed E-state index contributed by atoms with van der Waals surface area (Å²) in [5.74, 6) is 0.280. The van der Waals surface area contributed by atoms with Gasteiger partial charge in [-0.3, -0.25) is 9.48 Å². The van der Waals surface area contributed by atoms with E-state index in [9.17, 15) is 4.79 Å². The van der Waals surface area contributed by atoms with Crippen molar-refractivity contribution >= 4 is 5.91 Å². The van der Waals surface area contributed by atoms with Crippen molar-refractivity contribution in [3.63, 3.8) is 0 Å². The van der Waals surface area contributed by atoms with Crippen molar-refractivity contribution in [2.75, 3.05) is 13.2 Å². The highest BCUT2D eigenvalue weighted by Crippen LogP contribution is 2.37. The molecule has 2 atom stereocenters. The normalized spacial score (nSPS) is 20.2. The van der Waals surface area contributed by atoms with E-state index >= 15 is 0 Å². The first-order valence-electron chi connectivity index (χ1n) is 8.98. The molecule has 0 radical (unpaired) electrons. The number of hydrogen-bond acceptors (Lipinski definition) is 3. The standard InChI is InChI=1S/C19H28N4O2/c1-6-16-15(7-9-22(16)4)19(24)20-11-14-8-10-25-18(14)17-12(2)21-23(5)13(17)3/h7,9,14,18H,6,8,10-11H2,1-5H3,(H,20,24)/t14-,18+/m1/s1. The molecule has 0 spiro atoms. The van der Waals surface area contributed by atoms with Crippen molar-refractivity contribution in [1.29, 1.82) is 0 Å². The van der Waals surface area contributed by atoms with Crippen LogP contribution in [0.2, 0.25) is 0 Å². The van der Waals surface area contributed by atoms with Gasteiger partial charge in [0.05, 0.1) is 17.4 Å². The number of carbonyl (C=O) groups is 1. The highest BCUT2D eigenvalue weighted by molar-refractivity contribution is 5.95. The Morgan fingerprint density at radius 2 is 2.16 bits per heavy atom. The van der Waals surface area contributed by atoms with Crippen molar-refractivity contribution < 1.29 is 9.53 Å². The van der Waals surface area contributed by atoms with Gasteiger partial charge >= 0.3 is 0 Å². The Morgan fingerprint density at radius 1 is 1.40 bits per heavy atom. The third-order valence-corrected chi connectivity index (χ3v) is 5.37. The summed E-state index contributed by atoms with van der Waals surface area (Å²) in [5, 5.41) is 7.62. The van der Waals surface area contributed by atoms with Crippen LogP contribution in [-0.4, -0.2) is 33.4 Å². The van der Waals surface area contributed by atoms with Gasteiger partial charge in [-0.15, -0.1) is 0 Å². The number of amides is 1. The van der Waals surface area contributed by atoms with Crippen LogP contribution in [0, 0.1) is 19.8 Å². The van der Waals surface area contributed by atoms with E-state index in [1.54, 1.807) is 0 Å². The molecule has 25 heavy (non-hydrogen) atoms. The van der Waals surface area contributed by atoms with Crippen LogP contribution in [-0.2, 0) is 25.3 Å². The monoisotopic (exact) mass is 344 g/mol. The zero-order valence-electron chi connectivity index (χ0n) is 15.8. The summed E-state index contributed by atoms with van der Waals surface area (Å²) in [6.07, 6.45) is 3.75. The molecule has 0 bridgehead atoms. The molecule has 2 aromatic heterocycles. The summed E-state index contributed by atoms with van der Waals surface area (Å²) in [7, 11) is 3.93. The van der Waals surface area contributed by atoms with Crippen molar-refractivity contribution in [2.45, 2.75) is 39.7 Å². The minimum absolute atomic E-state index is 0.00253. The summed E-state index contributed by atoms with van der Waals surface area (Å²) < 4.78 is 9.92. The molecule has 3 rings (SSSR count). The average Bonchev–Trinajstić information content (AvgIpc) is 3.24. The van der Waals surface area contributed by atoms with Crippen molar-refractivity contribution in [3.8, 4) is 0 Å². The topological polar surface area (TPSA) is 61.1 Å². The number of aromatic nitrogens is 3. The van der Waals surface area contributed by atoms with Gasteiger partial charge in [-0.2, -0.15) is 5.10 Å². The van der Waals surface area contributed by atoms with E-state index in [1.165, 1.54) is 5.56 Å². The number of aryl methyl sites for hydroxylation is 3. The van der Waals surface area contributed by atoms with Crippen LogP contribution in [0.4, 0.5) is 0 Å². The second-order valence-electron chi connectivity index (χ2n) is 6.90. The first-order chi connectivity index (χ1) is 11.9. The molecule has 1 aliphatic heterocycles. The highest BCUT2D eigenvalue weighted by Gasteiger charge is 2.33. The fourth-order valence-electron chi connectivity index (χ4n) is 3.89. The third-order valence-electron chi connectivity index (χ3n) is 5.37. The molecular weight excluding hydrogens is 316 g/mol. The summed E-state index contributed by atoms with van der Waals surface area (Å²) in [4.78, 5) is 12.6. The quantitative estimate of drug-likeness (QED) is 0.906. The van der Waals surface area contributed by atoms with Crippen LogP contribution in [0.5, 0.6) is 0 Å². The Bertz CT molecular complexity index is 775. The Labute approximate surface area is 149 Å². The molecule has 6 nitrogen and oxygen atoms in total. The van der Waals surface area contributed by atoms with E-state index < -0.39 is 0 Å². The van der Waals surface area contributed by atoms with Gasteiger partial charge in [0.1, 0.15) is 0 Å². The molecule has 1 aliphatic rings. The number of nitrogens with zero attached hydrogens (tertiary/aromatic N) is 3. The lowest BCUT2D eigenvalue weighted by Gasteiger charge is -2.20. The second-order valence-corrected chi connectivity index (χ2v) is 6.90. The molecule has 0 saturated carbocycles. The van der Waals surface area contributed by atoms with Crippen LogP contribution >= 0.6 is 0 Å². The van der Waals surface area contributed by atoms with Gasteiger partial charge in [-0.05, 0) is 32.8 Å². The Kier molecular flexibility index (Phi) is 4.99. The van der Waals surface area contributed by atoms with Crippen molar-refractivity contribution in [3.05, 3.63) is 40.5 Å². The molecule has 2 aromatic rings. The molecule has 1 fully saturated rings. The van der Waals surface area contributed by atoms with E-state index in [0.29, 0.717) is 6.54 Å². The Morgan fingerprint density at radius 3 is 2.80 bits per heavy atom. The van der Waals surface area contributed by atoms with E-state index in [0.717, 1.165) is 42.1 Å². The third kappa shape index (κ3) is 3.23. The maximum absolute atomic E-state index is 12.6. The maximum atomic E-state index is 12.6. The predicted molar refractivity (Wildman–Crippen MR) is 96.6 cm³/mol. The van der Waals surface area contributed by atoms with E-state index in [-0.39, 0.29) is 17.9 Å². The molecule has 1 saturated heterocycles. The van der Waals surface area contributed by atoms with Gasteiger partial charge < -0.3 is 14.6 Å². The lowest BCUT2D eigenvalue weighted by atomic mass is 9.94. The van der Waals surface area contributed by atoms with Gasteiger partial charge in [-0.1, -0.05) is 6.92 Å². The van der Waals surface area contributed by atoms with E-state index in [2.05, 4.69) is 24.3 Å². The summed E-state index contributed by atoms with van der Waals surface area (Å²) in [6.45, 7) is 7.52. The SMILES string of the molecule is CCc1c(C(=O)NC[C@H]2CCO[C@@H]2c2c(C)nn(C)c2C)ccn1C. The molecule has 0 aromatic carbocycles. The number of rotatable bonds is 5. The minimum atomic E-state index is 0.00253. The number of nitrogens with one attached hydrogen (secondary N) is 1. The number of carbonyl (C=O) groups excluding carboxylic acids is 1. The van der Waals surface area contributed by atoms with Gasteiger partial charge in [0.25, 0.3) is 5.91 Å². The molecular formula is C19H28N4O2. The summed E-state index contributed by atoms with van der Waals surface area (Å²) in [5.41, 5.74) is 5.16. The van der Waals surface area contributed by atoms with Crippen molar-refractivity contribution in [1.82, 2.24) is 19.7 Å². The zero-order valence-corrected chi connectivity index (χ0v) is 15.8. The maximum Gasteiger partial charge on any atom is 0.253 e. The van der Waals surface area contributed by atoms with Crippen molar-refractivity contribution in [2.24, 2.45) is 20.0 Å². The predicted octanol–water partition coefficient (Wildman–Crippen LogP) is 2.45. The molecule has 0 unspecified atom stereocenters. The summed E-state index contributed by atoms with van der Waals surface area (Å²) in [6, 6.07) is 1.90. The second kappa shape index (κ2) is 7.04. The van der Waals surface area contributed by atoms with Crippen LogP contribution in [0.3, 0.4) is 0 Å². The molecule has 0 aliphatic carbocycles. The zero-order chi connectivity index (χ0) is 18.1. The highest BCUT2D eigenvalue weighted by atomic mass is 16.5. The number of ether oxygens (including phenoxy) is 1. The fraction of sp³-hybridized carbons (Fsp3) is 0.579. The molecule has 1 amide bonds. The minimum Gasteiger partial charge on any atom is -0.373 e. The van der Waals surface area contributed by atoms with Crippen LogP contribution in [0.1, 0.15) is 52.5 Å². The lowest BCUT2D eigenvalue weighted by Crippen LogP contribution is -2.31. The van der Waals surface area contributed by atoms with Gasteiger partial charge in [0, 0.05) is 56.3 Å². The summed E-state index contributed by atoms with van der Waals surface area (Å²) >= 11 is 0. The first kappa shape index (κ1) is 17.7. The largest absolute Gasteiger partial charge is 0.373 e. The molecule has 136 valence electrons. The molecule has 1 N–H and O–H groups in total. The van der Waals surface area contributed by atoms with Crippen LogP contribution in [0.15, 0.2) is 12.3 Å². The Balaban J connectivity index is 1.71. The first-order valence-corrected chi connectivity index (χ1v) is 8.98. The average molecular weight is 344 g/mol. The fourth-order valence-corrected chi connectivity index (χ4v) is 3.89. The molecule has 6 heteroatoms. The van der Waals surface area contributed by atoms with Gasteiger partial charge in [0.2, 0.25) is 0 Å². The van der Waals surface area contributed by atoms with E-state index in [4.69, 9.17) is 4.74 Å². The Hall–Kier alpha value is -2.08. The van der Waals surface area contributed by atoms with Gasteiger partial charge in [0.15, 0.2) is 0 Å². The number of hydrogen-bond donors (Lipinski definition) is 1. The van der Waals surface area contributed by atoms with Crippen LogP contribution in [0.25, 0.3) is 0 Å². The van der Waals surface area contributed by atoms with E-state index in [1.807, 2.05) is 42.5 Å². The van der Waals surface area contributed by atoms with Crippen LogP contribution < -0.4 is 5.32 Å². The smallest absolute Gasteiger partial charge is 0.253 e. The van der Waals surface area contributed by atoms with Gasteiger partial charge in [-0.25, -0.2) is 0 Å².